The summed E-state index contributed by atoms with van der Waals surface area (Å²) in [4.78, 5) is 4.89. The molecule has 0 amide bonds. The lowest BCUT2D eigenvalue weighted by Crippen LogP contribution is -2.54. The van der Waals surface area contributed by atoms with E-state index in [4.69, 9.17) is 11.5 Å². The molecule has 0 spiro atoms. The summed E-state index contributed by atoms with van der Waals surface area (Å²) in [7, 11) is 0. The summed E-state index contributed by atoms with van der Waals surface area (Å²) in [5.74, 6) is 0. The Kier molecular flexibility index (Phi) is 4.81. The van der Waals surface area contributed by atoms with E-state index in [1.807, 2.05) is 0 Å². The molecular weight excluding hydrogens is 176 g/mol. The van der Waals surface area contributed by atoms with Crippen molar-refractivity contribution in [2.45, 2.75) is 25.9 Å². The molecule has 14 heavy (non-hydrogen) atoms. The van der Waals surface area contributed by atoms with Crippen LogP contribution in [0.25, 0.3) is 0 Å². The van der Waals surface area contributed by atoms with Crippen LogP contribution in [0.5, 0.6) is 0 Å². The molecule has 1 aliphatic rings. The molecule has 0 bridgehead atoms. The van der Waals surface area contributed by atoms with Crippen LogP contribution in [0.2, 0.25) is 0 Å². The van der Waals surface area contributed by atoms with Crippen molar-refractivity contribution in [3.05, 3.63) is 0 Å². The average Bonchev–Trinajstić information content (AvgIpc) is 2.18. The zero-order chi connectivity index (χ0) is 10.6. The molecule has 1 heterocycles. The fourth-order valence-corrected chi connectivity index (χ4v) is 1.91. The third-order valence-corrected chi connectivity index (χ3v) is 3.19. The van der Waals surface area contributed by atoms with E-state index in [9.17, 15) is 0 Å². The number of rotatable bonds is 4. The Balaban J connectivity index is 2.28. The van der Waals surface area contributed by atoms with E-state index in [1.54, 1.807) is 0 Å². The molecule has 84 valence electrons. The molecule has 0 aromatic rings. The molecule has 0 radical (unpaired) electrons. The van der Waals surface area contributed by atoms with Gasteiger partial charge in [0, 0.05) is 51.4 Å². The van der Waals surface area contributed by atoms with Crippen LogP contribution in [0.3, 0.4) is 0 Å². The lowest BCUT2D eigenvalue weighted by atomic mass is 10.1. The number of nitrogens with two attached hydrogens (primary N) is 2. The quantitative estimate of drug-likeness (QED) is 0.630. The van der Waals surface area contributed by atoms with Crippen molar-refractivity contribution >= 4 is 0 Å². The summed E-state index contributed by atoms with van der Waals surface area (Å²) in [6.45, 7) is 10.6. The van der Waals surface area contributed by atoms with Gasteiger partial charge in [-0.15, -0.1) is 0 Å². The summed E-state index contributed by atoms with van der Waals surface area (Å²) < 4.78 is 0. The maximum Gasteiger partial charge on any atom is 0.0217 e. The molecule has 1 fully saturated rings. The summed E-state index contributed by atoms with van der Waals surface area (Å²) in [6.07, 6.45) is 0. The minimum atomic E-state index is 0.260. The predicted octanol–water partition coefficient (Wildman–Crippen LogP) is -0.702. The second kappa shape index (κ2) is 5.66. The van der Waals surface area contributed by atoms with E-state index in [2.05, 4.69) is 23.6 Å². The summed E-state index contributed by atoms with van der Waals surface area (Å²) in [5.41, 5.74) is 11.4. The molecule has 4 N–H and O–H groups in total. The van der Waals surface area contributed by atoms with Crippen molar-refractivity contribution in [3.63, 3.8) is 0 Å². The Hall–Kier alpha value is -0.160. The van der Waals surface area contributed by atoms with Gasteiger partial charge in [0.15, 0.2) is 0 Å². The second-order valence-electron chi connectivity index (χ2n) is 4.27. The summed E-state index contributed by atoms with van der Waals surface area (Å²) in [6, 6.07) is 0.756. The van der Waals surface area contributed by atoms with Gasteiger partial charge in [-0.25, -0.2) is 0 Å². The van der Waals surface area contributed by atoms with Gasteiger partial charge in [-0.1, -0.05) is 0 Å². The molecule has 1 aliphatic heterocycles. The highest BCUT2D eigenvalue weighted by Crippen LogP contribution is 2.07. The maximum absolute atomic E-state index is 5.88. The topological polar surface area (TPSA) is 58.5 Å². The van der Waals surface area contributed by atoms with E-state index in [-0.39, 0.29) is 6.04 Å². The standard InChI is InChI=1S/C10H24N4/c1-9(12)10(2)14-7-5-13(4-3-11)6-8-14/h9-10H,3-8,11-12H2,1-2H3. The largest absolute Gasteiger partial charge is 0.329 e. The number of nitrogens with zero attached hydrogens (tertiary/aromatic N) is 2. The summed E-state index contributed by atoms with van der Waals surface area (Å²) >= 11 is 0. The molecule has 4 nitrogen and oxygen atoms in total. The molecule has 2 atom stereocenters. The lowest BCUT2D eigenvalue weighted by Gasteiger charge is -2.39. The van der Waals surface area contributed by atoms with Gasteiger partial charge < -0.3 is 11.5 Å². The lowest BCUT2D eigenvalue weighted by molar-refractivity contribution is 0.0960. The van der Waals surface area contributed by atoms with Crippen molar-refractivity contribution in [1.29, 1.82) is 0 Å². The molecule has 0 saturated carbocycles. The first-order chi connectivity index (χ1) is 6.65. The highest BCUT2D eigenvalue weighted by Gasteiger charge is 2.22. The Morgan fingerprint density at radius 1 is 1.14 bits per heavy atom. The smallest absolute Gasteiger partial charge is 0.0217 e. The number of piperazine rings is 1. The molecule has 1 saturated heterocycles. The van der Waals surface area contributed by atoms with Crippen LogP contribution in [0, 0.1) is 0 Å². The minimum absolute atomic E-state index is 0.260. The third kappa shape index (κ3) is 3.20. The second-order valence-corrected chi connectivity index (χ2v) is 4.27. The molecule has 0 aliphatic carbocycles. The van der Waals surface area contributed by atoms with Gasteiger partial charge in [0.1, 0.15) is 0 Å². The monoisotopic (exact) mass is 200 g/mol. The van der Waals surface area contributed by atoms with Gasteiger partial charge >= 0.3 is 0 Å². The zero-order valence-corrected chi connectivity index (χ0v) is 9.45. The van der Waals surface area contributed by atoms with Crippen LogP contribution in [-0.4, -0.2) is 61.2 Å². The van der Waals surface area contributed by atoms with Gasteiger partial charge in [0.25, 0.3) is 0 Å². The van der Waals surface area contributed by atoms with Crippen molar-refractivity contribution in [2.24, 2.45) is 11.5 Å². The molecule has 4 heteroatoms. The van der Waals surface area contributed by atoms with Gasteiger partial charge in [-0.05, 0) is 13.8 Å². The van der Waals surface area contributed by atoms with Crippen molar-refractivity contribution < 1.29 is 0 Å². The first-order valence-corrected chi connectivity index (χ1v) is 5.57. The fraction of sp³-hybridized carbons (Fsp3) is 1.00. The van der Waals surface area contributed by atoms with E-state index in [0.717, 1.165) is 39.3 Å². The van der Waals surface area contributed by atoms with Gasteiger partial charge in [0.05, 0.1) is 0 Å². The van der Waals surface area contributed by atoms with Crippen LogP contribution in [0.15, 0.2) is 0 Å². The van der Waals surface area contributed by atoms with Crippen LogP contribution in [0.1, 0.15) is 13.8 Å². The highest BCUT2D eigenvalue weighted by molar-refractivity contribution is 4.80. The van der Waals surface area contributed by atoms with E-state index in [1.165, 1.54) is 0 Å². The number of hydrogen-bond acceptors (Lipinski definition) is 4. The van der Waals surface area contributed by atoms with Crippen LogP contribution < -0.4 is 11.5 Å². The maximum atomic E-state index is 5.88. The van der Waals surface area contributed by atoms with E-state index < -0.39 is 0 Å². The molecule has 2 unspecified atom stereocenters. The molecule has 1 rings (SSSR count). The van der Waals surface area contributed by atoms with Gasteiger partial charge in [-0.3, -0.25) is 9.80 Å². The SMILES string of the molecule is CC(N)C(C)N1CCN(CCN)CC1. The Labute approximate surface area is 87.2 Å². The molecular formula is C10H24N4. The van der Waals surface area contributed by atoms with Crippen molar-refractivity contribution in [1.82, 2.24) is 9.80 Å². The first kappa shape index (κ1) is 11.9. The highest BCUT2D eigenvalue weighted by atomic mass is 15.3. The first-order valence-electron chi connectivity index (χ1n) is 5.57. The van der Waals surface area contributed by atoms with Crippen LogP contribution in [-0.2, 0) is 0 Å². The van der Waals surface area contributed by atoms with E-state index >= 15 is 0 Å². The molecule has 0 aromatic carbocycles. The Bertz CT molecular complexity index is 152. The van der Waals surface area contributed by atoms with Gasteiger partial charge in [0.2, 0.25) is 0 Å². The fourth-order valence-electron chi connectivity index (χ4n) is 1.91. The third-order valence-electron chi connectivity index (χ3n) is 3.19. The Morgan fingerprint density at radius 2 is 1.71 bits per heavy atom. The van der Waals surface area contributed by atoms with Crippen LogP contribution in [0.4, 0.5) is 0 Å². The number of hydrogen-bond donors (Lipinski definition) is 2. The van der Waals surface area contributed by atoms with Crippen molar-refractivity contribution in [2.75, 3.05) is 39.3 Å². The Morgan fingerprint density at radius 3 is 2.14 bits per heavy atom. The normalized spacial score (nSPS) is 24.9. The average molecular weight is 200 g/mol. The van der Waals surface area contributed by atoms with E-state index in [0.29, 0.717) is 6.04 Å². The van der Waals surface area contributed by atoms with Crippen molar-refractivity contribution in [3.8, 4) is 0 Å². The molecule has 0 aromatic heterocycles. The van der Waals surface area contributed by atoms with Gasteiger partial charge in [-0.2, -0.15) is 0 Å². The predicted molar refractivity (Wildman–Crippen MR) is 60.2 cm³/mol. The van der Waals surface area contributed by atoms with Crippen LogP contribution >= 0.6 is 0 Å². The summed E-state index contributed by atoms with van der Waals surface area (Å²) in [5, 5.41) is 0. The zero-order valence-electron chi connectivity index (χ0n) is 9.45. The minimum Gasteiger partial charge on any atom is -0.329 e.